The molecule has 1 atom stereocenters. The lowest BCUT2D eigenvalue weighted by atomic mass is 9.65. The number of hydrogen-bond acceptors (Lipinski definition) is 5. The van der Waals surface area contributed by atoms with E-state index in [4.69, 9.17) is 15.0 Å². The number of aromatic nitrogens is 3. The number of sulfone groups is 1. The Morgan fingerprint density at radius 2 is 0.810 bits per heavy atom. The lowest BCUT2D eigenvalue weighted by Crippen LogP contribution is -2.29. The van der Waals surface area contributed by atoms with Crippen LogP contribution in [0.1, 0.15) is 22.3 Å². The normalized spacial score (nSPS) is 15.9. The van der Waals surface area contributed by atoms with E-state index in [2.05, 4.69) is 91.0 Å². The molecule has 1 unspecified atom stereocenters. The van der Waals surface area contributed by atoms with Crippen LogP contribution in [0.5, 0.6) is 0 Å². The molecule has 0 amide bonds. The number of benzene rings is 8. The van der Waals surface area contributed by atoms with Crippen molar-refractivity contribution in [2.24, 2.45) is 0 Å². The predicted octanol–water partition coefficient (Wildman–Crippen LogP) is 11.7. The average Bonchev–Trinajstić information content (AvgIpc) is 3.68. The topological polar surface area (TPSA) is 72.8 Å². The molecule has 1 spiro atoms. The lowest BCUT2D eigenvalue weighted by molar-refractivity contribution is 0.599. The summed E-state index contributed by atoms with van der Waals surface area (Å²) in [6, 6.07) is 63.7. The molecular weight excluding hydrogens is 731 g/mol. The van der Waals surface area contributed by atoms with Gasteiger partial charge in [0.1, 0.15) is 0 Å². The van der Waals surface area contributed by atoms with E-state index in [1.807, 2.05) is 91.0 Å². The van der Waals surface area contributed by atoms with Crippen LogP contribution in [-0.2, 0) is 15.3 Å². The first kappa shape index (κ1) is 32.9. The van der Waals surface area contributed by atoms with Gasteiger partial charge >= 0.3 is 0 Å². The Hall–Kier alpha value is -7.28. The summed E-state index contributed by atoms with van der Waals surface area (Å²) in [5.41, 5.74) is 13.4. The van der Waals surface area contributed by atoms with Gasteiger partial charge in [-0.1, -0.05) is 176 Å². The van der Waals surface area contributed by atoms with Crippen molar-refractivity contribution in [3.8, 4) is 78.7 Å². The molecule has 58 heavy (non-hydrogen) atoms. The zero-order chi connectivity index (χ0) is 38.6. The van der Waals surface area contributed by atoms with Crippen molar-refractivity contribution in [3.05, 3.63) is 210 Å². The van der Waals surface area contributed by atoms with Crippen LogP contribution >= 0.6 is 0 Å². The Morgan fingerprint density at radius 1 is 0.345 bits per heavy atom. The Morgan fingerprint density at radius 3 is 1.45 bits per heavy atom. The molecule has 9 aromatic rings. The standard InChI is InChI=1S/C52H31N3O2S/c56-58(57)46-26-14-11-22-39(46)40-29-30-44-47(48(40)58)41-23-10-13-25-43(41)52(44)42-24-12-9-21-37(42)35-19-7-8-20-36(35)38-28-27-34(31-45(38)52)51-54-49(32-15-3-1-4-16-32)53-50(55-51)33-17-5-2-6-18-33/h1-31H. The van der Waals surface area contributed by atoms with Crippen LogP contribution in [0.15, 0.2) is 198 Å². The van der Waals surface area contributed by atoms with E-state index in [0.29, 0.717) is 27.3 Å². The van der Waals surface area contributed by atoms with Crippen LogP contribution in [0, 0.1) is 0 Å². The van der Waals surface area contributed by atoms with Crippen LogP contribution in [0.25, 0.3) is 78.7 Å². The summed E-state index contributed by atoms with van der Waals surface area (Å²) < 4.78 is 29.5. The quantitative estimate of drug-likeness (QED) is 0.179. The first-order valence-electron chi connectivity index (χ1n) is 19.4. The van der Waals surface area contributed by atoms with E-state index in [-0.39, 0.29) is 0 Å². The van der Waals surface area contributed by atoms with Crippen molar-refractivity contribution >= 4 is 9.84 Å². The molecule has 0 radical (unpaired) electrons. The number of rotatable bonds is 3. The molecule has 0 fully saturated rings. The van der Waals surface area contributed by atoms with Crippen molar-refractivity contribution in [1.29, 1.82) is 0 Å². The van der Waals surface area contributed by atoms with E-state index < -0.39 is 15.3 Å². The molecule has 272 valence electrons. The molecule has 6 heteroatoms. The summed E-state index contributed by atoms with van der Waals surface area (Å²) in [5.74, 6) is 1.72. The van der Waals surface area contributed by atoms with Crippen molar-refractivity contribution in [3.63, 3.8) is 0 Å². The molecule has 5 nitrogen and oxygen atoms in total. The van der Waals surface area contributed by atoms with Crippen LogP contribution in [0.4, 0.5) is 0 Å². The van der Waals surface area contributed by atoms with E-state index in [1.54, 1.807) is 6.07 Å². The maximum Gasteiger partial charge on any atom is 0.208 e. The molecular formula is C52H31N3O2S. The second kappa shape index (κ2) is 12.1. The number of hydrogen-bond donors (Lipinski definition) is 0. The minimum atomic E-state index is -3.85. The fourth-order valence-electron chi connectivity index (χ4n) is 9.75. The van der Waals surface area contributed by atoms with Crippen molar-refractivity contribution < 1.29 is 8.42 Å². The Labute approximate surface area is 336 Å². The van der Waals surface area contributed by atoms with Gasteiger partial charge in [-0.2, -0.15) is 0 Å². The first-order valence-corrected chi connectivity index (χ1v) is 20.8. The summed E-state index contributed by atoms with van der Waals surface area (Å²) in [6.07, 6.45) is 0. The maximum atomic E-state index is 14.8. The third kappa shape index (κ3) is 4.40. The van der Waals surface area contributed by atoms with E-state index in [9.17, 15) is 8.42 Å². The van der Waals surface area contributed by atoms with Gasteiger partial charge in [0.05, 0.1) is 15.2 Å². The average molecular weight is 762 g/mol. The highest BCUT2D eigenvalue weighted by atomic mass is 32.2. The summed E-state index contributed by atoms with van der Waals surface area (Å²) in [4.78, 5) is 16.0. The fraction of sp³-hybridized carbons (Fsp3) is 0.0192. The Bertz CT molecular complexity index is 3250. The van der Waals surface area contributed by atoms with E-state index in [0.717, 1.165) is 83.5 Å². The third-order valence-electron chi connectivity index (χ3n) is 12.1. The van der Waals surface area contributed by atoms with Crippen molar-refractivity contribution in [2.75, 3.05) is 0 Å². The highest BCUT2D eigenvalue weighted by molar-refractivity contribution is 7.92. The lowest BCUT2D eigenvalue weighted by Gasteiger charge is -2.35. The smallest absolute Gasteiger partial charge is 0.208 e. The predicted molar refractivity (Wildman–Crippen MR) is 229 cm³/mol. The molecule has 2 heterocycles. The van der Waals surface area contributed by atoms with Gasteiger partial charge in [0.2, 0.25) is 9.84 Å². The highest BCUT2D eigenvalue weighted by Gasteiger charge is 2.52. The monoisotopic (exact) mass is 761 g/mol. The Kier molecular flexibility index (Phi) is 6.87. The molecule has 8 aromatic carbocycles. The van der Waals surface area contributed by atoms with Gasteiger partial charge in [-0.3, -0.25) is 0 Å². The van der Waals surface area contributed by atoms with Gasteiger partial charge in [0.15, 0.2) is 17.5 Å². The third-order valence-corrected chi connectivity index (χ3v) is 14.0. The van der Waals surface area contributed by atoms with Gasteiger partial charge in [-0.25, -0.2) is 23.4 Å². The Balaban J connectivity index is 1.21. The second-order valence-electron chi connectivity index (χ2n) is 15.0. The zero-order valence-corrected chi connectivity index (χ0v) is 31.8. The summed E-state index contributed by atoms with van der Waals surface area (Å²) in [7, 11) is -3.85. The zero-order valence-electron chi connectivity index (χ0n) is 31.0. The molecule has 0 saturated carbocycles. The van der Waals surface area contributed by atoms with Crippen molar-refractivity contribution in [1.82, 2.24) is 15.0 Å². The van der Waals surface area contributed by atoms with Crippen LogP contribution in [-0.4, -0.2) is 23.4 Å². The van der Waals surface area contributed by atoms with E-state index in [1.165, 1.54) is 0 Å². The van der Waals surface area contributed by atoms with Gasteiger partial charge in [-0.15, -0.1) is 0 Å². The number of fused-ring (bicyclic) bond motifs is 16. The molecule has 0 saturated heterocycles. The molecule has 12 rings (SSSR count). The largest absolute Gasteiger partial charge is 0.218 e. The highest BCUT2D eigenvalue weighted by Crippen LogP contribution is 2.64. The second-order valence-corrected chi connectivity index (χ2v) is 16.9. The minimum Gasteiger partial charge on any atom is -0.218 e. The van der Waals surface area contributed by atoms with Gasteiger partial charge in [0, 0.05) is 33.4 Å². The summed E-state index contributed by atoms with van der Waals surface area (Å²) in [6.45, 7) is 0. The molecule has 0 bridgehead atoms. The molecule has 2 aliphatic carbocycles. The van der Waals surface area contributed by atoms with E-state index >= 15 is 0 Å². The molecule has 0 N–H and O–H groups in total. The van der Waals surface area contributed by atoms with Crippen LogP contribution < -0.4 is 0 Å². The van der Waals surface area contributed by atoms with Gasteiger partial charge in [0.25, 0.3) is 0 Å². The molecule has 3 aliphatic rings. The van der Waals surface area contributed by atoms with Gasteiger partial charge < -0.3 is 0 Å². The fourth-order valence-corrected chi connectivity index (χ4v) is 11.7. The van der Waals surface area contributed by atoms with Crippen molar-refractivity contribution in [2.45, 2.75) is 15.2 Å². The maximum absolute atomic E-state index is 14.8. The number of nitrogens with zero attached hydrogens (tertiary/aromatic N) is 3. The van der Waals surface area contributed by atoms with Crippen LogP contribution in [0.3, 0.4) is 0 Å². The summed E-state index contributed by atoms with van der Waals surface area (Å²) in [5, 5.41) is 0. The molecule has 1 aliphatic heterocycles. The summed E-state index contributed by atoms with van der Waals surface area (Å²) >= 11 is 0. The SMILES string of the molecule is O=S1(=O)c2ccccc2-c2ccc3c(c21)-c1ccccc1C31c2ccccc2-c2ccccc2-c2ccc(-c3nc(-c4ccccc4)nc(-c4ccccc4)n3)cc21. The van der Waals surface area contributed by atoms with Gasteiger partial charge in [-0.05, 0) is 62.2 Å². The minimum absolute atomic E-state index is 0.353. The van der Waals surface area contributed by atoms with Crippen LogP contribution in [0.2, 0.25) is 0 Å². The first-order chi connectivity index (χ1) is 28.5. The molecule has 1 aromatic heterocycles.